The number of hydrogen-bond acceptors (Lipinski definition) is 2. The number of nitrogens with zero attached hydrogens (tertiary/aromatic N) is 2. The summed E-state index contributed by atoms with van der Waals surface area (Å²) in [6, 6.07) is 10.6. The molecule has 0 bridgehead atoms. The maximum absolute atomic E-state index is 8.52. The van der Waals surface area contributed by atoms with Crippen LogP contribution < -0.4 is 0 Å². The van der Waals surface area contributed by atoms with E-state index in [1.54, 1.807) is 0 Å². The van der Waals surface area contributed by atoms with E-state index in [0.29, 0.717) is 5.92 Å². The van der Waals surface area contributed by atoms with Crippen molar-refractivity contribution in [3.63, 3.8) is 0 Å². The summed E-state index contributed by atoms with van der Waals surface area (Å²) in [6.07, 6.45) is 2.83. The predicted molar refractivity (Wildman–Crippen MR) is 101 cm³/mol. The molecule has 23 heavy (non-hydrogen) atoms. The van der Waals surface area contributed by atoms with Gasteiger partial charge in [0.25, 0.3) is 0 Å². The quantitative estimate of drug-likeness (QED) is 0.607. The van der Waals surface area contributed by atoms with Crippen molar-refractivity contribution in [3.05, 3.63) is 35.4 Å². The van der Waals surface area contributed by atoms with Gasteiger partial charge in [0.05, 0.1) is 11.6 Å². The van der Waals surface area contributed by atoms with Crippen LogP contribution in [0.1, 0.15) is 79.9 Å². The molecule has 0 N–H and O–H groups in total. The molecule has 2 rings (SSSR count). The second-order valence-corrected chi connectivity index (χ2v) is 5.73. The maximum atomic E-state index is 8.52. The molecule has 0 aliphatic carbocycles. The average molecular weight is 395 g/mol. The van der Waals surface area contributed by atoms with Gasteiger partial charge in [-0.15, -0.1) is 0 Å². The van der Waals surface area contributed by atoms with Crippen LogP contribution in [0.25, 0.3) is 0 Å². The van der Waals surface area contributed by atoms with Crippen molar-refractivity contribution in [1.29, 1.82) is 5.26 Å². The first-order valence-corrected chi connectivity index (χ1v) is 7.28. The van der Waals surface area contributed by atoms with Gasteiger partial charge in [-0.2, -0.15) is 5.26 Å². The zero-order valence-corrected chi connectivity index (χ0v) is 16.1. The topological polar surface area (TPSA) is 27.0 Å². The molecule has 1 aliphatic heterocycles. The monoisotopic (exact) mass is 395 g/mol. The van der Waals surface area contributed by atoms with Crippen molar-refractivity contribution in [3.8, 4) is 6.07 Å². The number of benzene rings is 1. The zero-order valence-electron chi connectivity index (χ0n) is 13.3. The van der Waals surface area contributed by atoms with E-state index >= 15 is 0 Å². The van der Waals surface area contributed by atoms with Crippen molar-refractivity contribution in [1.82, 2.24) is 4.90 Å². The maximum Gasteiger partial charge on any atom is 0.0991 e. The second kappa shape index (κ2) is 16.6. The fourth-order valence-electron chi connectivity index (χ4n) is 2.20. The van der Waals surface area contributed by atoms with Crippen LogP contribution in [0.3, 0.4) is 0 Å². The van der Waals surface area contributed by atoms with Gasteiger partial charge in [-0.25, -0.2) is 0 Å². The van der Waals surface area contributed by atoms with Gasteiger partial charge < -0.3 is 4.90 Å². The van der Waals surface area contributed by atoms with Gasteiger partial charge in [-0.3, -0.25) is 0 Å². The Hall–Kier alpha value is -0.226. The molecule has 1 fully saturated rings. The molecule has 0 saturated carbocycles. The third kappa shape index (κ3) is 11.9. The van der Waals surface area contributed by atoms with Gasteiger partial charge in [0.2, 0.25) is 0 Å². The van der Waals surface area contributed by atoms with E-state index in [0.717, 1.165) is 11.6 Å². The average Bonchev–Trinajstić information content (AvgIpc) is 2.93. The Morgan fingerprint density at radius 3 is 1.61 bits per heavy atom. The van der Waals surface area contributed by atoms with Crippen LogP contribution >= 0.6 is 0 Å². The van der Waals surface area contributed by atoms with Crippen molar-refractivity contribution >= 4 is 0 Å². The van der Waals surface area contributed by atoms with Gasteiger partial charge in [-0.1, -0.05) is 48.3 Å². The third-order valence-corrected chi connectivity index (χ3v) is 3.58. The summed E-state index contributed by atoms with van der Waals surface area (Å²) in [7, 11) is 0. The van der Waals surface area contributed by atoms with Crippen LogP contribution in [0.2, 0.25) is 0 Å². The molecule has 1 heterocycles. The van der Waals surface area contributed by atoms with Crippen molar-refractivity contribution in [2.75, 3.05) is 13.1 Å². The standard InChI is InChI=1S/C10H11N.C7H15N.3CH4.Y/c1-8(2)10-5-3-9(7-11)4-6-10;1-7(2)8-5-3-4-6-8;;;;/h3-6,8H,1-2H3;7H,3-6H2,1-2H3;3*1H4;. The molecular weight excluding hydrogens is 357 g/mol. The molecule has 0 aromatic heterocycles. The third-order valence-electron chi connectivity index (χ3n) is 3.58. The molecule has 131 valence electrons. The summed E-state index contributed by atoms with van der Waals surface area (Å²) in [5.41, 5.74) is 2.01. The summed E-state index contributed by atoms with van der Waals surface area (Å²) < 4.78 is 0. The second-order valence-electron chi connectivity index (χ2n) is 5.73. The van der Waals surface area contributed by atoms with Crippen molar-refractivity contribution in [2.24, 2.45) is 0 Å². The van der Waals surface area contributed by atoms with E-state index in [9.17, 15) is 0 Å². The Morgan fingerprint density at radius 1 is 0.913 bits per heavy atom. The summed E-state index contributed by atoms with van der Waals surface area (Å²) >= 11 is 0. The first kappa shape index (κ1) is 30.6. The molecule has 1 aliphatic rings. The number of nitriles is 1. The largest absolute Gasteiger partial charge is 0.301 e. The Balaban J connectivity index is -0.000000138. The number of likely N-dealkylation sites (tertiary alicyclic amines) is 1. The number of hydrogen-bond donors (Lipinski definition) is 0. The SMILES string of the molecule is C.C.C.CC(C)N1CCCC1.CC(C)c1ccc(C#N)cc1.[Y]. The molecule has 1 radical (unpaired) electrons. The molecule has 1 aromatic carbocycles. The summed E-state index contributed by atoms with van der Waals surface area (Å²) in [5.74, 6) is 0.544. The Kier molecular flexibility index (Phi) is 22.1. The smallest absolute Gasteiger partial charge is 0.0991 e. The Morgan fingerprint density at radius 2 is 1.35 bits per heavy atom. The molecule has 0 atom stereocenters. The van der Waals surface area contributed by atoms with Crippen molar-refractivity contribution < 1.29 is 32.7 Å². The van der Waals surface area contributed by atoms with Crippen LogP contribution in [0.15, 0.2) is 24.3 Å². The van der Waals surface area contributed by atoms with Crippen LogP contribution in [-0.2, 0) is 32.7 Å². The molecule has 0 unspecified atom stereocenters. The van der Waals surface area contributed by atoms with Gasteiger partial charge in [0.15, 0.2) is 0 Å². The summed E-state index contributed by atoms with van der Waals surface area (Å²) in [4.78, 5) is 2.53. The normalized spacial score (nSPS) is 12.6. The van der Waals surface area contributed by atoms with E-state index in [4.69, 9.17) is 5.26 Å². The fraction of sp³-hybridized carbons (Fsp3) is 0.650. The first-order valence-electron chi connectivity index (χ1n) is 7.28. The Labute approximate surface area is 171 Å². The van der Waals surface area contributed by atoms with Crippen LogP contribution in [0.5, 0.6) is 0 Å². The Bertz CT molecular complexity index is 399. The minimum Gasteiger partial charge on any atom is -0.301 e. The van der Waals surface area contributed by atoms with Crippen LogP contribution in [0.4, 0.5) is 0 Å². The fourth-order valence-corrected chi connectivity index (χ4v) is 2.20. The van der Waals surface area contributed by atoms with Crippen LogP contribution in [0, 0.1) is 11.3 Å². The van der Waals surface area contributed by atoms with Gasteiger partial charge in [0.1, 0.15) is 0 Å². The van der Waals surface area contributed by atoms with E-state index in [1.165, 1.54) is 31.5 Å². The molecular formula is C20H38N2Y. The van der Waals surface area contributed by atoms with Gasteiger partial charge >= 0.3 is 0 Å². The van der Waals surface area contributed by atoms with E-state index < -0.39 is 0 Å². The molecule has 3 heteroatoms. The minimum atomic E-state index is 0. The molecule has 2 nitrogen and oxygen atoms in total. The van der Waals surface area contributed by atoms with Crippen molar-refractivity contribution in [2.45, 2.75) is 74.8 Å². The van der Waals surface area contributed by atoms with E-state index in [1.807, 2.05) is 24.3 Å². The summed E-state index contributed by atoms with van der Waals surface area (Å²) in [5, 5.41) is 8.52. The molecule has 1 saturated heterocycles. The number of rotatable bonds is 2. The molecule has 0 spiro atoms. The molecule has 1 aromatic rings. The first-order chi connectivity index (χ1) is 9.04. The van der Waals surface area contributed by atoms with Crippen LogP contribution in [-0.4, -0.2) is 24.0 Å². The molecule has 0 amide bonds. The summed E-state index contributed by atoms with van der Waals surface area (Å²) in [6.45, 7) is 11.5. The zero-order chi connectivity index (χ0) is 14.3. The van der Waals surface area contributed by atoms with Gasteiger partial charge in [-0.05, 0) is 63.4 Å². The minimum absolute atomic E-state index is 0. The predicted octanol–water partition coefficient (Wildman–Crippen LogP) is 6.08. The van der Waals surface area contributed by atoms with E-state index in [-0.39, 0.29) is 55.0 Å². The van der Waals surface area contributed by atoms with E-state index in [2.05, 4.69) is 38.7 Å². The van der Waals surface area contributed by atoms with Gasteiger partial charge in [0, 0.05) is 38.8 Å².